The quantitative estimate of drug-likeness (QED) is 0.0297. The van der Waals surface area contributed by atoms with Crippen LogP contribution in [-0.4, -0.2) is 183 Å². The number of aliphatic hydroxyl groups is 2. The number of rotatable bonds is 20. The Labute approximate surface area is 455 Å². The number of nitrogen functional groups attached to an aromatic ring is 3. The van der Waals surface area contributed by atoms with E-state index in [1.807, 2.05) is 0 Å². The smallest absolute Gasteiger partial charge is 0.454 e. The van der Waals surface area contributed by atoms with Crippen molar-refractivity contribution in [2.45, 2.75) is 107 Å². The number of imidazole rings is 3. The van der Waals surface area contributed by atoms with Crippen LogP contribution in [0.3, 0.4) is 0 Å². The number of fused-ring (bicyclic) bond motifs is 4. The van der Waals surface area contributed by atoms with E-state index in [0.717, 1.165) is 12.7 Å². The van der Waals surface area contributed by atoms with Crippen molar-refractivity contribution < 1.29 is 89.9 Å². The number of methoxy groups -OCH3 is 1. The molecule has 0 aliphatic carbocycles. The predicted octanol–water partition coefficient (Wildman–Crippen LogP) is 0.749. The van der Waals surface area contributed by atoms with Crippen molar-refractivity contribution in [2.75, 3.05) is 56.7 Å². The Morgan fingerprint density at radius 1 is 0.747 bits per heavy atom. The van der Waals surface area contributed by atoms with Crippen LogP contribution in [0, 0.1) is 5.41 Å². The van der Waals surface area contributed by atoms with Gasteiger partial charge in [0, 0.05) is 25.1 Å². The minimum atomic E-state index is -5.30. The lowest BCUT2D eigenvalue weighted by Gasteiger charge is -2.38. The molecular weight excluding hydrogens is 1150 g/mol. The number of nitrogens with two attached hydrogens (primary N) is 3. The third-order valence-electron chi connectivity index (χ3n) is 13.2. The highest BCUT2D eigenvalue weighted by atomic mass is 32.7. The lowest BCUT2D eigenvalue weighted by molar-refractivity contribution is -0.165. The number of ether oxygens (including phenoxy) is 6. The number of hydrogen-bond donors (Lipinski definition) is 8. The SMILES string of the molecule is COC1[C@@H](COP(=O)(O)SCOC(=O)C(C)(C)C)O[C@@H](n2cnc3c(N)ncnc32)[C@H]1OP(O)(=S)OC[C@H]1O[C@@H](n2cnc3c(N)ncnc32)[C@@H](OP(=O)(O)OC[C@]23CCCOC2[C@H](O)[C@H](n2cnc4c(N)ncnc42)O3)C1O. The topological polar surface area (TPSA) is 463 Å². The van der Waals surface area contributed by atoms with Gasteiger partial charge in [0.05, 0.1) is 44.2 Å². The van der Waals surface area contributed by atoms with Crippen LogP contribution in [0.2, 0.25) is 0 Å². The molecular formula is C40H54N15O19P3S2. The molecule has 79 heavy (non-hydrogen) atoms. The normalized spacial score (nSPS) is 30.6. The number of anilines is 3. The van der Waals surface area contributed by atoms with E-state index in [2.05, 4.69) is 44.9 Å². The van der Waals surface area contributed by atoms with Gasteiger partial charge in [-0.25, -0.2) is 54.0 Å². The van der Waals surface area contributed by atoms with Crippen LogP contribution in [0.5, 0.6) is 0 Å². The maximum Gasteiger partial charge on any atom is 0.472 e. The minimum Gasteiger partial charge on any atom is -0.454 e. The first-order valence-electron chi connectivity index (χ1n) is 23.8. The van der Waals surface area contributed by atoms with Gasteiger partial charge in [0.15, 0.2) is 53.1 Å². The standard InChI is InChI=1S/C40H54N15O19P3S2/c1-39(2,3)38(58)66-17-79-76(61,62)67-9-19-25(64-4)27(37(71-19)55-16-52-22-31(43)46-13-49-34(22)55)74-77(63,78)68-8-18-23(56)26(36(70-18)54-15-51-21-30(42)45-12-48-33(21)54)73-75(59,60)69-10-40-6-5-7-65-28(40)24(57)35(72-40)53-14-50-20-29(41)44-11-47-32(20)53/h11-16,18-19,23-28,35-37,56-57H,5-10,17H2,1-4H3,(H,59,60)(H,61,62)(H,63,78)(H2,41,44,47)(H2,42,45,48)(H2,43,46,49)/t18-,19-,23?,24+,25?,26+,27+,28?,35-,36-,37-,40-,77?/m1/s1. The molecule has 10 rings (SSSR count). The van der Waals surface area contributed by atoms with E-state index >= 15 is 0 Å². The van der Waals surface area contributed by atoms with E-state index in [-0.39, 0.29) is 64.0 Å². The van der Waals surface area contributed by atoms with Gasteiger partial charge in [0.1, 0.15) is 95.9 Å². The number of aromatic nitrogens is 12. The van der Waals surface area contributed by atoms with E-state index < -0.39 is 132 Å². The zero-order valence-electron chi connectivity index (χ0n) is 42.0. The predicted molar refractivity (Wildman–Crippen MR) is 273 cm³/mol. The van der Waals surface area contributed by atoms with Crippen LogP contribution in [0.4, 0.5) is 17.5 Å². The molecule has 0 aromatic carbocycles. The molecule has 4 saturated heterocycles. The second-order valence-corrected chi connectivity index (χ2v) is 27.4. The molecule has 0 radical (unpaired) electrons. The van der Waals surface area contributed by atoms with Gasteiger partial charge in [-0.15, -0.1) is 0 Å². The summed E-state index contributed by atoms with van der Waals surface area (Å²) in [6, 6.07) is 0. The fourth-order valence-electron chi connectivity index (χ4n) is 9.40. The van der Waals surface area contributed by atoms with Gasteiger partial charge in [-0.05, 0) is 45.4 Å². The van der Waals surface area contributed by atoms with Gasteiger partial charge in [0.2, 0.25) is 0 Å². The number of carbonyl (C=O) groups excluding carboxylic acids is 1. The Morgan fingerprint density at radius 3 is 1.84 bits per heavy atom. The third-order valence-corrected chi connectivity index (χ3v) is 18.3. The van der Waals surface area contributed by atoms with E-state index in [4.69, 9.17) is 80.0 Å². The number of phosphoric ester groups is 1. The summed E-state index contributed by atoms with van der Waals surface area (Å²) in [4.78, 5) is 83.7. The zero-order valence-corrected chi connectivity index (χ0v) is 46.3. The Hall–Kier alpha value is -4.62. The van der Waals surface area contributed by atoms with E-state index in [1.54, 1.807) is 20.8 Å². The first kappa shape index (κ1) is 57.6. The van der Waals surface area contributed by atoms with Gasteiger partial charge < -0.3 is 75.0 Å². The lowest BCUT2D eigenvalue weighted by atomic mass is 9.89. The third kappa shape index (κ3) is 11.6. The Kier molecular flexibility index (Phi) is 16.2. The lowest BCUT2D eigenvalue weighted by Crippen LogP contribution is -2.51. The van der Waals surface area contributed by atoms with Crippen molar-refractivity contribution in [1.29, 1.82) is 0 Å². The molecule has 6 unspecified atom stereocenters. The number of hydrogen-bond acceptors (Lipinski definition) is 30. The van der Waals surface area contributed by atoms with Crippen LogP contribution in [-0.2, 0) is 76.8 Å². The molecule has 10 heterocycles. The van der Waals surface area contributed by atoms with Crippen molar-refractivity contribution in [3.8, 4) is 0 Å². The fraction of sp³-hybridized carbons (Fsp3) is 0.600. The van der Waals surface area contributed by atoms with Crippen LogP contribution >= 0.6 is 32.7 Å². The van der Waals surface area contributed by atoms with Gasteiger partial charge in [-0.3, -0.25) is 36.6 Å². The van der Waals surface area contributed by atoms with Crippen molar-refractivity contribution in [3.63, 3.8) is 0 Å². The summed E-state index contributed by atoms with van der Waals surface area (Å²) in [6.45, 7) is -6.07. The van der Waals surface area contributed by atoms with Crippen molar-refractivity contribution in [3.05, 3.63) is 38.0 Å². The highest BCUT2D eigenvalue weighted by molar-refractivity contribution is 8.54. The molecule has 15 atom stereocenters. The second-order valence-electron chi connectivity index (χ2n) is 19.4. The number of aliphatic hydroxyl groups excluding tert-OH is 2. The molecule has 0 bridgehead atoms. The molecule has 0 saturated carbocycles. The van der Waals surface area contributed by atoms with Gasteiger partial charge in [-0.2, -0.15) is 0 Å². The van der Waals surface area contributed by atoms with E-state index in [1.165, 1.54) is 46.1 Å². The summed E-state index contributed by atoms with van der Waals surface area (Å²) in [5, 5.41) is 23.5. The molecule has 6 aromatic heterocycles. The average molecular weight is 1210 g/mol. The summed E-state index contributed by atoms with van der Waals surface area (Å²) in [5.74, 6) is -1.06. The van der Waals surface area contributed by atoms with Crippen LogP contribution in [0.15, 0.2) is 38.0 Å². The molecule has 6 aromatic rings. The molecule has 4 aliphatic heterocycles. The molecule has 4 fully saturated rings. The monoisotopic (exact) mass is 1210 g/mol. The summed E-state index contributed by atoms with van der Waals surface area (Å²) in [5.41, 5.74) is 16.7. The highest BCUT2D eigenvalue weighted by Crippen LogP contribution is 2.58. The van der Waals surface area contributed by atoms with Gasteiger partial charge in [0.25, 0.3) is 0 Å². The number of carbonyl (C=O) groups is 1. The second kappa shape index (κ2) is 22.3. The summed E-state index contributed by atoms with van der Waals surface area (Å²) in [6.07, 6.45) is -7.70. The molecule has 4 aliphatic rings. The maximum atomic E-state index is 14.2. The van der Waals surface area contributed by atoms with Crippen LogP contribution in [0.1, 0.15) is 52.3 Å². The first-order chi connectivity index (χ1) is 37.4. The summed E-state index contributed by atoms with van der Waals surface area (Å²) in [7, 11) is -4.04. The fourth-order valence-corrected chi connectivity index (χ4v) is 13.5. The van der Waals surface area contributed by atoms with Gasteiger partial charge in [-0.1, -0.05) is 0 Å². The Bertz CT molecular complexity index is 3380. The first-order valence-corrected chi connectivity index (χ1v) is 31.0. The number of esters is 1. The molecule has 0 amide bonds. The highest BCUT2D eigenvalue weighted by Gasteiger charge is 2.59. The van der Waals surface area contributed by atoms with E-state index in [0.29, 0.717) is 17.8 Å². The van der Waals surface area contributed by atoms with Crippen molar-refractivity contribution in [2.24, 2.45) is 5.41 Å². The largest absolute Gasteiger partial charge is 0.472 e. The average Bonchev–Trinajstić information content (AvgIpc) is 4.35. The molecule has 11 N–H and O–H groups in total. The molecule has 0 spiro atoms. The minimum absolute atomic E-state index is 0.00849. The van der Waals surface area contributed by atoms with Crippen LogP contribution < -0.4 is 17.2 Å². The zero-order chi connectivity index (χ0) is 56.4. The van der Waals surface area contributed by atoms with Crippen LogP contribution in [0.25, 0.3) is 33.5 Å². The summed E-state index contributed by atoms with van der Waals surface area (Å²) < 4.78 is 95.9. The van der Waals surface area contributed by atoms with Crippen molar-refractivity contribution in [1.82, 2.24) is 58.6 Å². The maximum absolute atomic E-state index is 14.2. The number of nitrogens with zero attached hydrogens (tertiary/aromatic N) is 12. The van der Waals surface area contributed by atoms with Gasteiger partial charge >= 0.3 is 27.3 Å². The van der Waals surface area contributed by atoms with E-state index in [9.17, 15) is 38.8 Å². The van der Waals surface area contributed by atoms with Crippen molar-refractivity contribution >= 4 is 101 Å². The Balaban J connectivity index is 0.865. The molecule has 430 valence electrons. The molecule has 39 heteroatoms. The summed E-state index contributed by atoms with van der Waals surface area (Å²) >= 11 is 5.86. The number of phosphoric acid groups is 1. The Morgan fingerprint density at radius 2 is 1.28 bits per heavy atom. The molecule has 34 nitrogen and oxygen atoms in total.